The van der Waals surface area contributed by atoms with Crippen molar-refractivity contribution in [3.05, 3.63) is 0 Å². The number of hydrogen-bond acceptors (Lipinski definition) is 12. The Kier molecular flexibility index (Phi) is 28.3. The van der Waals surface area contributed by atoms with E-state index >= 15 is 14.4 Å². The number of rotatable bonds is 11. The van der Waals surface area contributed by atoms with Crippen LogP contribution in [0, 0.1) is 35.5 Å². The topological polar surface area (TPSA) is 270 Å². The van der Waals surface area contributed by atoms with E-state index in [4.69, 9.17) is 11.6 Å². The number of likely N-dealkylation sites (tertiary alicyclic amines) is 1. The summed E-state index contributed by atoms with van der Waals surface area (Å²) in [6.07, 6.45) is 2.36. The molecule has 0 aromatic rings. The van der Waals surface area contributed by atoms with Crippen LogP contribution in [0.2, 0.25) is 0 Å². The van der Waals surface area contributed by atoms with E-state index in [0.717, 1.165) is 40.4 Å². The molecule has 3 unspecified atom stereocenters. The fraction of sp³-hybridized carbons (Fsp3) is 0.824. The Morgan fingerprint density at radius 3 is 1.79 bits per heavy atom. The number of piperidine rings is 1. The third kappa shape index (κ3) is 19.5. The van der Waals surface area contributed by atoms with Gasteiger partial charge in [-0.25, -0.2) is 0 Å². The predicted molar refractivity (Wildman–Crippen MR) is 354 cm³/mol. The zero-order valence-corrected chi connectivity index (χ0v) is 59.9. The lowest BCUT2D eigenvalue weighted by molar-refractivity contribution is -0.182. The minimum absolute atomic E-state index is 0.000793. The van der Waals surface area contributed by atoms with E-state index in [2.05, 4.69) is 16.0 Å². The van der Waals surface area contributed by atoms with E-state index in [9.17, 15) is 56.3 Å². The molecule has 0 radical (unpaired) electrons. The van der Waals surface area contributed by atoms with Crippen molar-refractivity contribution in [2.24, 2.45) is 35.5 Å². The first-order chi connectivity index (χ1) is 45.0. The summed E-state index contributed by atoms with van der Waals surface area (Å²) in [5, 5.41) is 7.51. The van der Waals surface area contributed by atoms with Crippen molar-refractivity contribution in [3.63, 3.8) is 0 Å². The first-order valence-corrected chi connectivity index (χ1v) is 35.5. The van der Waals surface area contributed by atoms with Gasteiger partial charge in [-0.3, -0.25) is 57.5 Å². The fourth-order valence-electron chi connectivity index (χ4n) is 14.9. The monoisotopic (exact) mass is 1380 g/mol. The van der Waals surface area contributed by atoms with E-state index in [-0.39, 0.29) is 88.5 Å². The Morgan fingerprint density at radius 1 is 0.604 bits per heavy atom. The average Bonchev–Trinajstić information content (AvgIpc) is 1.37. The number of alkyl halides is 4. The van der Waals surface area contributed by atoms with Gasteiger partial charge in [0.1, 0.15) is 47.8 Å². The fourth-order valence-corrected chi connectivity index (χ4v) is 15.4. The van der Waals surface area contributed by atoms with Gasteiger partial charge in [-0.15, -0.1) is 11.6 Å². The van der Waals surface area contributed by atoms with Crippen LogP contribution in [0.15, 0.2) is 0 Å². The molecule has 3 aliphatic heterocycles. The van der Waals surface area contributed by atoms with Gasteiger partial charge in [-0.05, 0) is 119 Å². The summed E-state index contributed by atoms with van der Waals surface area (Å²) < 4.78 is 41.8. The number of hydrogen-bond donors (Lipinski definition) is 3. The van der Waals surface area contributed by atoms with E-state index < -0.39 is 174 Å². The molecule has 28 heteroatoms. The number of likely N-dealkylation sites (N-methyl/N-ethyl adjacent to an activating group) is 7. The molecule has 0 aromatic heterocycles. The molecule has 3 aliphatic carbocycles. The quantitative estimate of drug-likeness (QED) is 0.236. The third-order valence-electron chi connectivity index (χ3n) is 21.5. The van der Waals surface area contributed by atoms with Crippen molar-refractivity contribution in [3.8, 4) is 0 Å². The molecule has 6 aliphatic rings. The van der Waals surface area contributed by atoms with Crippen molar-refractivity contribution in [2.45, 2.75) is 236 Å². The standard InChI is InChI=1S/C68H110ClF3N12O12/c1-14-43(6)57-64(94)78(9)39-55(87)76(7)40-56(88)80(11)51(36-44-22-20-23-44)62(92)77(8)38-53(85)73-48(28-26-45-25-27-46(47(69)35-45)68(70,71)72)61(91)84-33-21-24-49(84)60(90)75-67(29-16-17-30-67)66(96)82(13)58(42(4)5)65(95)81(12)52(63(93)83-31-18-15-19-32-83)37-54(86)79(10)50(34-41(2)3)59(89)74-57/h41-52,57-58H,14-40H2,1-13H3,(H,73,85)(H,74,89)(H,75,90)/t43-,45?,46?,47?,48-,49-,50-,51-,52-,57-,58-/m0/s1. The summed E-state index contributed by atoms with van der Waals surface area (Å²) in [7, 11) is 9.87. The molecule has 3 saturated heterocycles. The molecule has 542 valence electrons. The van der Waals surface area contributed by atoms with Gasteiger partial charge in [0.25, 0.3) is 0 Å². The summed E-state index contributed by atoms with van der Waals surface area (Å²) in [4.78, 5) is 188. The van der Waals surface area contributed by atoms with Crippen LogP contribution in [0.4, 0.5) is 13.2 Å². The highest BCUT2D eigenvalue weighted by Crippen LogP contribution is 2.44. The molecule has 0 aromatic carbocycles. The first kappa shape index (κ1) is 78.7. The summed E-state index contributed by atoms with van der Waals surface area (Å²) in [6, 6.07) is -8.62. The number of carbonyl (C=O) groups excluding carboxylic acids is 12. The van der Waals surface area contributed by atoms with Crippen LogP contribution in [0.5, 0.6) is 0 Å². The van der Waals surface area contributed by atoms with Crippen LogP contribution >= 0.6 is 11.6 Å². The molecule has 3 heterocycles. The van der Waals surface area contributed by atoms with Crippen molar-refractivity contribution >= 4 is 82.5 Å². The van der Waals surface area contributed by atoms with Crippen LogP contribution in [0.25, 0.3) is 0 Å². The van der Waals surface area contributed by atoms with Gasteiger partial charge in [0, 0.05) is 74.3 Å². The highest BCUT2D eigenvalue weighted by molar-refractivity contribution is 6.21. The SMILES string of the molecule is CC[C@H](C)[C@@H]1NC(=O)[C@H](CC(C)C)N(C)C(=O)C[C@@H](C(=O)N2CCCCC2)N(C)C(=O)[C@H](C(C)C)N(C)C(=O)C2(CCCC2)NC(=O)[C@@H]2CCCN2C(=O)[C@H](CCC2CCC(C(F)(F)F)C(Cl)C2)NC(=O)CN(C)C(=O)[C@H](CC2CCC2)N(C)C(=O)CN(C)C(=O)CN(C)C1=O. The highest BCUT2D eigenvalue weighted by atomic mass is 35.5. The second-order valence-corrected chi connectivity index (χ2v) is 29.9. The molecule has 6 rings (SSSR count). The lowest BCUT2D eigenvalue weighted by Crippen LogP contribution is -2.65. The normalized spacial score (nSPS) is 29.5. The van der Waals surface area contributed by atoms with E-state index in [0.29, 0.717) is 51.6 Å². The Bertz CT molecular complexity index is 2800. The minimum Gasteiger partial charge on any atom is -0.343 e. The van der Waals surface area contributed by atoms with Gasteiger partial charge < -0.3 is 60.0 Å². The van der Waals surface area contributed by atoms with Gasteiger partial charge in [0.15, 0.2) is 0 Å². The van der Waals surface area contributed by atoms with Gasteiger partial charge in [0.2, 0.25) is 70.9 Å². The van der Waals surface area contributed by atoms with Crippen molar-refractivity contribution in [1.82, 2.24) is 60.0 Å². The van der Waals surface area contributed by atoms with Crippen LogP contribution in [-0.4, -0.2) is 263 Å². The highest BCUT2D eigenvalue weighted by Gasteiger charge is 2.52. The van der Waals surface area contributed by atoms with Crippen molar-refractivity contribution < 1.29 is 70.7 Å². The van der Waals surface area contributed by atoms with Crippen LogP contribution < -0.4 is 16.0 Å². The zero-order valence-electron chi connectivity index (χ0n) is 59.1. The first-order valence-electron chi connectivity index (χ1n) is 35.0. The molecular formula is C68H110ClF3N12O12. The van der Waals surface area contributed by atoms with Crippen molar-refractivity contribution in [1.29, 1.82) is 0 Å². The maximum absolute atomic E-state index is 15.4. The summed E-state index contributed by atoms with van der Waals surface area (Å²) >= 11 is 6.37. The molecule has 6 fully saturated rings. The number of fused-ring (bicyclic) bond motifs is 1. The lowest BCUT2D eigenvalue weighted by Gasteiger charge is -2.42. The zero-order chi connectivity index (χ0) is 71.4. The summed E-state index contributed by atoms with van der Waals surface area (Å²) in [5.41, 5.74) is -1.56. The van der Waals surface area contributed by atoms with Crippen LogP contribution in [-0.2, 0) is 57.5 Å². The Morgan fingerprint density at radius 2 is 1.22 bits per heavy atom. The minimum atomic E-state index is -4.51. The number of nitrogens with one attached hydrogen (secondary N) is 3. The van der Waals surface area contributed by atoms with Gasteiger partial charge in [-0.1, -0.05) is 80.1 Å². The number of carbonyl (C=O) groups is 12. The van der Waals surface area contributed by atoms with Crippen LogP contribution in [0.3, 0.4) is 0 Å². The van der Waals surface area contributed by atoms with E-state index in [1.807, 2.05) is 20.8 Å². The average molecular weight is 1380 g/mol. The Hall–Kier alpha value is -6.28. The molecule has 12 amide bonds. The molecule has 3 saturated carbocycles. The second-order valence-electron chi connectivity index (χ2n) is 29.4. The maximum atomic E-state index is 15.4. The molecule has 96 heavy (non-hydrogen) atoms. The molecule has 0 bridgehead atoms. The number of amides is 12. The van der Waals surface area contributed by atoms with Gasteiger partial charge in [0.05, 0.1) is 32.0 Å². The number of nitrogens with zero attached hydrogens (tertiary/aromatic N) is 9. The van der Waals surface area contributed by atoms with E-state index in [1.54, 1.807) is 25.7 Å². The summed E-state index contributed by atoms with van der Waals surface area (Å²) in [6.45, 7) is 9.97. The number of halogens is 4. The van der Waals surface area contributed by atoms with E-state index in [1.165, 1.54) is 73.8 Å². The van der Waals surface area contributed by atoms with Crippen molar-refractivity contribution in [2.75, 3.05) is 88.6 Å². The smallest absolute Gasteiger partial charge is 0.343 e. The Labute approximate surface area is 570 Å². The largest absolute Gasteiger partial charge is 0.393 e. The third-order valence-corrected chi connectivity index (χ3v) is 22.0. The second kappa shape index (κ2) is 34.5. The molecule has 11 atom stereocenters. The molecular weight excluding hydrogens is 1270 g/mol. The predicted octanol–water partition coefficient (Wildman–Crippen LogP) is 4.78. The maximum Gasteiger partial charge on any atom is 0.393 e. The Balaban J connectivity index is 1.39. The van der Waals surface area contributed by atoms with Gasteiger partial charge in [-0.2, -0.15) is 13.2 Å². The lowest BCUT2D eigenvalue weighted by atomic mass is 9.78. The summed E-state index contributed by atoms with van der Waals surface area (Å²) in [5.74, 6) is -10.9. The van der Waals surface area contributed by atoms with Crippen LogP contribution in [0.1, 0.15) is 176 Å². The molecule has 3 N–H and O–H groups in total. The molecule has 24 nitrogen and oxygen atoms in total. The molecule has 1 spiro atoms. The van der Waals surface area contributed by atoms with Gasteiger partial charge >= 0.3 is 6.18 Å².